The largest absolute Gasteiger partial charge is 0.297 e. The van der Waals surface area contributed by atoms with Crippen LogP contribution in [0.5, 0.6) is 0 Å². The van der Waals surface area contributed by atoms with E-state index in [0.29, 0.717) is 11.7 Å². The summed E-state index contributed by atoms with van der Waals surface area (Å²) in [6.07, 6.45) is 12.4. The summed E-state index contributed by atoms with van der Waals surface area (Å²) in [6, 6.07) is 0. The number of Topliss-reactive ketones (excluding diaryl/α,β-unsaturated/α-hetero) is 1. The van der Waals surface area contributed by atoms with Crippen LogP contribution in [-0.2, 0) is 4.79 Å². The Morgan fingerprint density at radius 2 is 1.68 bits per heavy atom. The maximum absolute atomic E-state index is 13.2. The predicted octanol–water partition coefficient (Wildman–Crippen LogP) is 3.79. The molecule has 2 saturated carbocycles. The van der Waals surface area contributed by atoms with E-state index in [-0.39, 0.29) is 5.54 Å². The van der Waals surface area contributed by atoms with Crippen LogP contribution < -0.4 is 0 Å². The number of likely N-dealkylation sites (tertiary alicyclic amines) is 1. The molecule has 1 saturated heterocycles. The number of carbonyl (C=O) groups excluding carboxylic acids is 1. The molecule has 0 spiro atoms. The van der Waals surface area contributed by atoms with Gasteiger partial charge in [-0.1, -0.05) is 32.6 Å². The summed E-state index contributed by atoms with van der Waals surface area (Å²) in [6.45, 7) is 4.68. The molecule has 2 heteroatoms. The van der Waals surface area contributed by atoms with Gasteiger partial charge in [0, 0.05) is 5.92 Å². The van der Waals surface area contributed by atoms with Crippen molar-refractivity contribution >= 4 is 5.78 Å². The fraction of sp³-hybridized carbons (Fsp3) is 0.941. The maximum atomic E-state index is 13.2. The van der Waals surface area contributed by atoms with E-state index in [0.717, 1.165) is 25.2 Å². The molecule has 0 aromatic carbocycles. The van der Waals surface area contributed by atoms with Gasteiger partial charge in [-0.2, -0.15) is 0 Å². The van der Waals surface area contributed by atoms with Gasteiger partial charge >= 0.3 is 0 Å². The molecule has 2 atom stereocenters. The summed E-state index contributed by atoms with van der Waals surface area (Å²) >= 11 is 0. The maximum Gasteiger partial charge on any atom is 0.156 e. The highest BCUT2D eigenvalue weighted by atomic mass is 16.1. The van der Waals surface area contributed by atoms with Crippen molar-refractivity contribution in [1.82, 2.24) is 4.90 Å². The van der Waals surface area contributed by atoms with E-state index in [9.17, 15) is 4.79 Å². The van der Waals surface area contributed by atoms with E-state index in [1.165, 1.54) is 58.0 Å². The molecule has 3 aliphatic rings. The van der Waals surface area contributed by atoms with Gasteiger partial charge in [0.15, 0.2) is 5.78 Å². The summed E-state index contributed by atoms with van der Waals surface area (Å²) in [5.41, 5.74) is -0.0295. The lowest BCUT2D eigenvalue weighted by atomic mass is 9.73. The van der Waals surface area contributed by atoms with Crippen LogP contribution >= 0.6 is 0 Å². The van der Waals surface area contributed by atoms with Gasteiger partial charge in [0.25, 0.3) is 0 Å². The zero-order valence-corrected chi connectivity index (χ0v) is 12.5. The summed E-state index contributed by atoms with van der Waals surface area (Å²) in [5.74, 6) is 1.78. The van der Waals surface area contributed by atoms with Gasteiger partial charge < -0.3 is 0 Å². The molecule has 19 heavy (non-hydrogen) atoms. The Morgan fingerprint density at radius 3 is 2.32 bits per heavy atom. The van der Waals surface area contributed by atoms with E-state index >= 15 is 0 Å². The minimum atomic E-state index is -0.0295. The highest BCUT2D eigenvalue weighted by molar-refractivity contribution is 5.91. The zero-order valence-electron chi connectivity index (χ0n) is 12.5. The normalized spacial score (nSPS) is 35.6. The Labute approximate surface area is 117 Å². The number of ketones is 1. The molecule has 0 amide bonds. The standard InChI is InChI=1S/C17H29NO/c1-14-7-6-8-15(13-14)16(19)17(9-2-3-10-17)18-11-4-5-12-18/h14-15H,2-13H2,1H3. The Morgan fingerprint density at radius 1 is 1.00 bits per heavy atom. The third-order valence-electron chi connectivity index (χ3n) is 5.91. The number of nitrogens with zero attached hydrogens (tertiary/aromatic N) is 1. The van der Waals surface area contributed by atoms with E-state index < -0.39 is 0 Å². The van der Waals surface area contributed by atoms with Gasteiger partial charge in [-0.15, -0.1) is 0 Å². The van der Waals surface area contributed by atoms with Crippen LogP contribution in [0.1, 0.15) is 71.1 Å². The third-order valence-corrected chi connectivity index (χ3v) is 5.91. The Hall–Kier alpha value is -0.370. The van der Waals surface area contributed by atoms with Gasteiger partial charge in [-0.3, -0.25) is 9.69 Å². The third kappa shape index (κ3) is 2.49. The van der Waals surface area contributed by atoms with E-state index in [4.69, 9.17) is 0 Å². The summed E-state index contributed by atoms with van der Waals surface area (Å²) in [5, 5.41) is 0. The minimum absolute atomic E-state index is 0.0295. The molecule has 0 N–H and O–H groups in total. The van der Waals surface area contributed by atoms with Crippen LogP contribution in [0, 0.1) is 11.8 Å². The number of hydrogen-bond acceptors (Lipinski definition) is 2. The van der Waals surface area contributed by atoms with Crippen molar-refractivity contribution in [2.75, 3.05) is 13.1 Å². The Balaban J connectivity index is 1.77. The first-order chi connectivity index (χ1) is 9.22. The van der Waals surface area contributed by atoms with Gasteiger partial charge in [0.2, 0.25) is 0 Å². The zero-order chi connectivity index (χ0) is 13.3. The molecule has 3 rings (SSSR count). The van der Waals surface area contributed by atoms with Gasteiger partial charge in [-0.25, -0.2) is 0 Å². The second kappa shape index (κ2) is 5.55. The first kappa shape index (κ1) is 13.6. The highest BCUT2D eigenvalue weighted by Crippen LogP contribution is 2.42. The topological polar surface area (TPSA) is 20.3 Å². The van der Waals surface area contributed by atoms with Crippen LogP contribution in [0.3, 0.4) is 0 Å². The quantitative estimate of drug-likeness (QED) is 0.772. The molecule has 0 aromatic rings. The van der Waals surface area contributed by atoms with E-state index in [1.54, 1.807) is 0 Å². The Bertz CT molecular complexity index is 326. The van der Waals surface area contributed by atoms with Gasteiger partial charge in [0.05, 0.1) is 5.54 Å². The van der Waals surface area contributed by atoms with Gasteiger partial charge in [-0.05, 0) is 57.5 Å². The summed E-state index contributed by atoms with van der Waals surface area (Å²) in [4.78, 5) is 15.8. The van der Waals surface area contributed by atoms with Crippen molar-refractivity contribution < 1.29 is 4.79 Å². The smallest absolute Gasteiger partial charge is 0.156 e. The molecule has 0 aromatic heterocycles. The number of rotatable bonds is 3. The first-order valence-corrected chi connectivity index (χ1v) is 8.52. The molecule has 2 aliphatic carbocycles. The molecule has 108 valence electrons. The van der Waals surface area contributed by atoms with Gasteiger partial charge in [0.1, 0.15) is 0 Å². The lowest BCUT2D eigenvalue weighted by Gasteiger charge is -2.41. The molecular formula is C17H29NO. The van der Waals surface area contributed by atoms with Crippen molar-refractivity contribution in [2.24, 2.45) is 11.8 Å². The predicted molar refractivity (Wildman–Crippen MR) is 78.1 cm³/mol. The van der Waals surface area contributed by atoms with E-state index in [2.05, 4.69) is 11.8 Å². The average Bonchev–Trinajstić information content (AvgIpc) is 3.09. The fourth-order valence-electron chi connectivity index (χ4n) is 4.88. The lowest BCUT2D eigenvalue weighted by Crippen LogP contribution is -2.54. The molecule has 1 heterocycles. The lowest BCUT2D eigenvalue weighted by molar-refractivity contribution is -0.136. The van der Waals surface area contributed by atoms with Crippen LogP contribution in [0.2, 0.25) is 0 Å². The second-order valence-corrected chi connectivity index (χ2v) is 7.27. The van der Waals surface area contributed by atoms with Crippen LogP contribution in [0.25, 0.3) is 0 Å². The summed E-state index contributed by atoms with van der Waals surface area (Å²) < 4.78 is 0. The van der Waals surface area contributed by atoms with E-state index in [1.807, 2.05) is 0 Å². The van der Waals surface area contributed by atoms with Crippen molar-refractivity contribution in [3.63, 3.8) is 0 Å². The molecule has 3 fully saturated rings. The van der Waals surface area contributed by atoms with Crippen molar-refractivity contribution in [1.29, 1.82) is 0 Å². The Kier molecular flexibility index (Phi) is 3.98. The average molecular weight is 263 g/mol. The minimum Gasteiger partial charge on any atom is -0.297 e. The van der Waals surface area contributed by atoms with Crippen LogP contribution in [0.4, 0.5) is 0 Å². The van der Waals surface area contributed by atoms with Crippen molar-refractivity contribution in [3.8, 4) is 0 Å². The fourth-order valence-corrected chi connectivity index (χ4v) is 4.88. The number of hydrogen-bond donors (Lipinski definition) is 0. The number of carbonyl (C=O) groups is 1. The monoisotopic (exact) mass is 263 g/mol. The first-order valence-electron chi connectivity index (χ1n) is 8.52. The molecule has 1 aliphatic heterocycles. The van der Waals surface area contributed by atoms with Crippen molar-refractivity contribution in [3.05, 3.63) is 0 Å². The van der Waals surface area contributed by atoms with Crippen molar-refractivity contribution in [2.45, 2.75) is 76.7 Å². The van der Waals surface area contributed by atoms with Crippen LogP contribution in [0.15, 0.2) is 0 Å². The van der Waals surface area contributed by atoms with Crippen LogP contribution in [-0.4, -0.2) is 29.3 Å². The molecule has 0 bridgehead atoms. The SMILES string of the molecule is CC1CCCC(C(=O)C2(N3CCCC3)CCCC2)C1. The summed E-state index contributed by atoms with van der Waals surface area (Å²) in [7, 11) is 0. The molecule has 0 radical (unpaired) electrons. The molecule has 2 unspecified atom stereocenters. The highest BCUT2D eigenvalue weighted by Gasteiger charge is 2.48. The second-order valence-electron chi connectivity index (χ2n) is 7.27. The molecule has 2 nitrogen and oxygen atoms in total. The molecular weight excluding hydrogens is 234 g/mol.